The van der Waals surface area contributed by atoms with Crippen molar-refractivity contribution in [1.82, 2.24) is 4.90 Å². The Bertz CT molecular complexity index is 292. The van der Waals surface area contributed by atoms with Gasteiger partial charge in [0.25, 0.3) is 0 Å². The third-order valence-corrected chi connectivity index (χ3v) is 3.61. The van der Waals surface area contributed by atoms with Crippen LogP contribution in [0.3, 0.4) is 0 Å². The molecule has 1 atom stereocenters. The molecule has 0 aliphatic carbocycles. The molecule has 0 bridgehead atoms. The number of morpholine rings is 1. The van der Waals surface area contributed by atoms with Gasteiger partial charge in [0.15, 0.2) is 0 Å². The summed E-state index contributed by atoms with van der Waals surface area (Å²) in [6.45, 7) is 5.59. The molecule has 1 unspecified atom stereocenters. The fourth-order valence-electron chi connectivity index (χ4n) is 1.99. The van der Waals surface area contributed by atoms with Gasteiger partial charge in [-0.05, 0) is 29.3 Å². The topological polar surface area (TPSA) is 38.5 Å². The van der Waals surface area contributed by atoms with Crippen molar-refractivity contribution < 1.29 is 4.74 Å². The van der Waals surface area contributed by atoms with E-state index in [9.17, 15) is 0 Å². The van der Waals surface area contributed by atoms with Gasteiger partial charge < -0.3 is 10.5 Å². The van der Waals surface area contributed by atoms with Crippen molar-refractivity contribution in [2.45, 2.75) is 19.0 Å². The van der Waals surface area contributed by atoms with E-state index >= 15 is 0 Å². The molecular formula is C11H18N2OS. The lowest BCUT2D eigenvalue weighted by atomic mass is 10.0. The molecule has 4 heteroatoms. The largest absolute Gasteiger partial charge is 0.379 e. The normalized spacial score (nSPS) is 22.5. The summed E-state index contributed by atoms with van der Waals surface area (Å²) in [5.41, 5.74) is 7.44. The average Bonchev–Trinajstić information content (AvgIpc) is 2.71. The SMILES string of the molecule is CC(N)(Cc1ccsc1)N1CCOCC1. The second-order valence-electron chi connectivity index (χ2n) is 4.26. The number of nitrogens with two attached hydrogens (primary N) is 1. The number of hydrogen-bond acceptors (Lipinski definition) is 4. The highest BCUT2D eigenvalue weighted by Gasteiger charge is 2.28. The molecule has 0 saturated carbocycles. The van der Waals surface area contributed by atoms with Crippen LogP contribution in [-0.4, -0.2) is 36.9 Å². The van der Waals surface area contributed by atoms with Crippen molar-refractivity contribution >= 4 is 11.3 Å². The molecule has 1 aliphatic heterocycles. The Morgan fingerprint density at radius 1 is 1.53 bits per heavy atom. The average molecular weight is 226 g/mol. The zero-order valence-corrected chi connectivity index (χ0v) is 9.93. The van der Waals surface area contributed by atoms with E-state index in [1.54, 1.807) is 11.3 Å². The van der Waals surface area contributed by atoms with Crippen LogP contribution < -0.4 is 5.73 Å². The summed E-state index contributed by atoms with van der Waals surface area (Å²) in [5, 5.41) is 4.27. The fourth-order valence-corrected chi connectivity index (χ4v) is 2.66. The fraction of sp³-hybridized carbons (Fsp3) is 0.636. The molecule has 0 amide bonds. The van der Waals surface area contributed by atoms with Crippen LogP contribution in [0.25, 0.3) is 0 Å². The van der Waals surface area contributed by atoms with Gasteiger partial charge in [-0.1, -0.05) is 0 Å². The van der Waals surface area contributed by atoms with Gasteiger partial charge in [-0.3, -0.25) is 4.90 Å². The Hall–Kier alpha value is -0.420. The number of hydrogen-bond donors (Lipinski definition) is 1. The highest BCUT2D eigenvalue weighted by molar-refractivity contribution is 7.07. The highest BCUT2D eigenvalue weighted by Crippen LogP contribution is 2.18. The molecule has 2 heterocycles. The van der Waals surface area contributed by atoms with Gasteiger partial charge in [0.05, 0.1) is 18.9 Å². The third kappa shape index (κ3) is 2.78. The molecule has 1 aliphatic rings. The number of ether oxygens (including phenoxy) is 1. The van der Waals surface area contributed by atoms with Gasteiger partial charge >= 0.3 is 0 Å². The molecule has 0 aromatic carbocycles. The number of rotatable bonds is 3. The molecule has 2 N–H and O–H groups in total. The summed E-state index contributed by atoms with van der Waals surface area (Å²) in [6.07, 6.45) is 0.913. The van der Waals surface area contributed by atoms with E-state index in [1.165, 1.54) is 5.56 Å². The van der Waals surface area contributed by atoms with Gasteiger partial charge in [0.2, 0.25) is 0 Å². The molecule has 1 fully saturated rings. The highest BCUT2D eigenvalue weighted by atomic mass is 32.1. The van der Waals surface area contributed by atoms with Crippen LogP contribution in [0.2, 0.25) is 0 Å². The molecule has 0 radical (unpaired) electrons. The maximum absolute atomic E-state index is 6.36. The first-order valence-corrected chi connectivity index (χ1v) is 6.25. The van der Waals surface area contributed by atoms with Crippen molar-refractivity contribution in [3.63, 3.8) is 0 Å². The monoisotopic (exact) mass is 226 g/mol. The Morgan fingerprint density at radius 2 is 2.27 bits per heavy atom. The minimum Gasteiger partial charge on any atom is -0.379 e. The summed E-state index contributed by atoms with van der Waals surface area (Å²) in [7, 11) is 0. The molecule has 15 heavy (non-hydrogen) atoms. The maximum atomic E-state index is 6.36. The van der Waals surface area contributed by atoms with Crippen molar-refractivity contribution in [2.24, 2.45) is 5.73 Å². The van der Waals surface area contributed by atoms with Crippen molar-refractivity contribution in [1.29, 1.82) is 0 Å². The lowest BCUT2D eigenvalue weighted by Gasteiger charge is -2.40. The maximum Gasteiger partial charge on any atom is 0.0701 e. The van der Waals surface area contributed by atoms with Crippen molar-refractivity contribution in [2.75, 3.05) is 26.3 Å². The van der Waals surface area contributed by atoms with Crippen LogP contribution in [0.5, 0.6) is 0 Å². The second kappa shape index (κ2) is 4.61. The van der Waals surface area contributed by atoms with E-state index < -0.39 is 0 Å². The number of thiophene rings is 1. The molecule has 1 aromatic rings. The van der Waals surface area contributed by atoms with E-state index in [-0.39, 0.29) is 5.66 Å². The molecule has 1 aromatic heterocycles. The van der Waals surface area contributed by atoms with Crippen LogP contribution in [0.15, 0.2) is 16.8 Å². The van der Waals surface area contributed by atoms with Crippen molar-refractivity contribution in [3.05, 3.63) is 22.4 Å². The third-order valence-electron chi connectivity index (χ3n) is 2.88. The van der Waals surface area contributed by atoms with E-state index in [4.69, 9.17) is 10.5 Å². The van der Waals surface area contributed by atoms with Gasteiger partial charge in [0, 0.05) is 19.5 Å². The zero-order valence-electron chi connectivity index (χ0n) is 9.11. The molecule has 2 rings (SSSR count). The summed E-state index contributed by atoms with van der Waals surface area (Å²) < 4.78 is 5.33. The summed E-state index contributed by atoms with van der Waals surface area (Å²) >= 11 is 1.73. The van der Waals surface area contributed by atoms with Crippen LogP contribution in [0.1, 0.15) is 12.5 Å². The minimum atomic E-state index is -0.245. The van der Waals surface area contributed by atoms with Gasteiger partial charge in [-0.15, -0.1) is 0 Å². The Labute approximate surface area is 94.8 Å². The summed E-state index contributed by atoms with van der Waals surface area (Å²) in [6, 6.07) is 2.15. The standard InChI is InChI=1S/C11H18N2OS/c1-11(12,8-10-2-7-15-9-10)13-3-5-14-6-4-13/h2,7,9H,3-6,8,12H2,1H3. The smallest absolute Gasteiger partial charge is 0.0701 e. The van der Waals surface area contributed by atoms with Crippen LogP contribution in [0.4, 0.5) is 0 Å². The first kappa shape index (κ1) is 11.1. The predicted molar refractivity (Wildman–Crippen MR) is 63.0 cm³/mol. The first-order valence-electron chi connectivity index (χ1n) is 5.31. The Morgan fingerprint density at radius 3 is 2.87 bits per heavy atom. The molecule has 1 saturated heterocycles. The van der Waals surface area contributed by atoms with E-state index in [2.05, 4.69) is 28.7 Å². The first-order chi connectivity index (χ1) is 7.18. The lowest BCUT2D eigenvalue weighted by molar-refractivity contribution is -0.0142. The van der Waals surface area contributed by atoms with Gasteiger partial charge in [-0.2, -0.15) is 11.3 Å². The van der Waals surface area contributed by atoms with Gasteiger partial charge in [-0.25, -0.2) is 0 Å². The summed E-state index contributed by atoms with van der Waals surface area (Å²) in [5.74, 6) is 0. The lowest BCUT2D eigenvalue weighted by Crippen LogP contribution is -2.58. The van der Waals surface area contributed by atoms with Crippen LogP contribution in [0, 0.1) is 0 Å². The number of nitrogens with zero attached hydrogens (tertiary/aromatic N) is 1. The van der Waals surface area contributed by atoms with Crippen LogP contribution >= 0.6 is 11.3 Å². The summed E-state index contributed by atoms with van der Waals surface area (Å²) in [4.78, 5) is 2.31. The quantitative estimate of drug-likeness (QED) is 0.844. The minimum absolute atomic E-state index is 0.245. The van der Waals surface area contributed by atoms with E-state index in [0.717, 1.165) is 32.7 Å². The molecule has 3 nitrogen and oxygen atoms in total. The molecular weight excluding hydrogens is 208 g/mol. The second-order valence-corrected chi connectivity index (χ2v) is 5.05. The Balaban J connectivity index is 1.98. The predicted octanol–water partition coefficient (Wildman–Crippen LogP) is 1.30. The molecule has 0 spiro atoms. The van der Waals surface area contributed by atoms with E-state index in [1.807, 2.05) is 0 Å². The van der Waals surface area contributed by atoms with Gasteiger partial charge in [0.1, 0.15) is 0 Å². The Kier molecular flexibility index (Phi) is 3.41. The van der Waals surface area contributed by atoms with Crippen LogP contribution in [-0.2, 0) is 11.2 Å². The van der Waals surface area contributed by atoms with E-state index in [0.29, 0.717) is 0 Å². The molecule has 84 valence electrons. The van der Waals surface area contributed by atoms with Crippen molar-refractivity contribution in [3.8, 4) is 0 Å². The zero-order chi connectivity index (χ0) is 10.7.